The van der Waals surface area contributed by atoms with Crippen molar-refractivity contribution in [2.24, 2.45) is 17.8 Å². The van der Waals surface area contributed by atoms with Crippen molar-refractivity contribution in [1.82, 2.24) is 5.32 Å². The van der Waals surface area contributed by atoms with E-state index in [-0.39, 0.29) is 11.8 Å². The molecular formula is C30H36N2O4. The number of rotatable bonds is 6. The highest BCUT2D eigenvalue weighted by atomic mass is 16.4. The summed E-state index contributed by atoms with van der Waals surface area (Å²) in [6, 6.07) is 13.0. The lowest BCUT2D eigenvalue weighted by molar-refractivity contribution is -0.150. The minimum atomic E-state index is -1.47. The molecule has 0 aromatic heterocycles. The topological polar surface area (TPSA) is 86.7 Å². The van der Waals surface area contributed by atoms with Gasteiger partial charge in [0.2, 0.25) is 11.8 Å². The van der Waals surface area contributed by atoms with E-state index in [9.17, 15) is 19.5 Å². The molecule has 190 valence electrons. The molecule has 2 aliphatic heterocycles. The van der Waals surface area contributed by atoms with Crippen LogP contribution in [0.2, 0.25) is 0 Å². The average molecular weight is 489 g/mol. The van der Waals surface area contributed by atoms with Gasteiger partial charge in [0.25, 0.3) is 0 Å². The highest BCUT2D eigenvalue weighted by Gasteiger charge is 2.69. The molecule has 0 spiro atoms. The third-order valence-electron chi connectivity index (χ3n) is 8.74. The number of carbonyl (C=O) groups is 3. The maximum absolute atomic E-state index is 14.0. The van der Waals surface area contributed by atoms with Crippen molar-refractivity contribution in [3.8, 4) is 0 Å². The Balaban J connectivity index is 1.62. The van der Waals surface area contributed by atoms with Crippen molar-refractivity contribution >= 4 is 23.5 Å². The zero-order valence-electron chi connectivity index (χ0n) is 21.4. The van der Waals surface area contributed by atoms with Crippen LogP contribution in [-0.2, 0) is 20.8 Å². The summed E-state index contributed by atoms with van der Waals surface area (Å²) in [5.74, 6) is -3.21. The largest absolute Gasteiger partial charge is 0.480 e. The van der Waals surface area contributed by atoms with Gasteiger partial charge in [-0.25, -0.2) is 4.90 Å². The molecule has 6 heteroatoms. The maximum Gasteiger partial charge on any atom is 0.324 e. The summed E-state index contributed by atoms with van der Waals surface area (Å²) in [5, 5.41) is 14.1. The van der Waals surface area contributed by atoms with E-state index in [2.05, 4.69) is 12.2 Å². The first-order valence-corrected chi connectivity index (χ1v) is 13.3. The van der Waals surface area contributed by atoms with E-state index in [1.807, 2.05) is 44.2 Å². The zero-order chi connectivity index (χ0) is 25.6. The van der Waals surface area contributed by atoms with Crippen LogP contribution in [0.1, 0.15) is 73.7 Å². The molecule has 5 rings (SSSR count). The Morgan fingerprint density at radius 1 is 1.03 bits per heavy atom. The number of nitrogens with zero attached hydrogens (tertiary/aromatic N) is 1. The molecule has 2 saturated heterocycles. The van der Waals surface area contributed by atoms with Gasteiger partial charge >= 0.3 is 5.97 Å². The molecule has 2 amide bonds. The third-order valence-corrected chi connectivity index (χ3v) is 8.74. The summed E-state index contributed by atoms with van der Waals surface area (Å²) in [4.78, 5) is 42.4. The van der Waals surface area contributed by atoms with Crippen molar-refractivity contribution in [2.45, 2.75) is 77.3 Å². The van der Waals surface area contributed by atoms with Gasteiger partial charge in [-0.2, -0.15) is 0 Å². The first-order chi connectivity index (χ1) is 17.3. The van der Waals surface area contributed by atoms with Crippen molar-refractivity contribution < 1.29 is 19.5 Å². The van der Waals surface area contributed by atoms with Gasteiger partial charge in [-0.15, -0.1) is 0 Å². The Labute approximate surface area is 213 Å². The number of hydrogen-bond donors (Lipinski definition) is 2. The Hall–Kier alpha value is -2.99. The lowest BCUT2D eigenvalue weighted by Gasteiger charge is -2.35. The molecule has 2 N–H and O–H groups in total. The molecule has 1 aliphatic carbocycles. The quantitative estimate of drug-likeness (QED) is 0.552. The van der Waals surface area contributed by atoms with E-state index in [4.69, 9.17) is 0 Å². The van der Waals surface area contributed by atoms with Crippen LogP contribution in [0, 0.1) is 31.6 Å². The van der Waals surface area contributed by atoms with Gasteiger partial charge in [-0.1, -0.05) is 74.9 Å². The van der Waals surface area contributed by atoms with Crippen molar-refractivity contribution in [1.29, 1.82) is 0 Å². The second-order valence-electron chi connectivity index (χ2n) is 11.0. The summed E-state index contributed by atoms with van der Waals surface area (Å²) in [6.07, 6.45) is 6.48. The lowest BCUT2D eigenvalue weighted by atomic mass is 9.72. The predicted molar refractivity (Wildman–Crippen MR) is 139 cm³/mol. The van der Waals surface area contributed by atoms with Gasteiger partial charge in [-0.3, -0.25) is 19.7 Å². The first kappa shape index (κ1) is 24.7. The molecule has 6 nitrogen and oxygen atoms in total. The normalized spacial score (nSPS) is 28.5. The molecule has 3 aliphatic rings. The second kappa shape index (κ2) is 9.47. The number of fused-ring (bicyclic) bond motifs is 1. The number of carbonyl (C=O) groups excluding carboxylic acids is 2. The molecule has 3 fully saturated rings. The number of carboxylic acid groups (broad SMARTS) is 1. The number of hydrogen-bond acceptors (Lipinski definition) is 4. The van der Waals surface area contributed by atoms with Crippen molar-refractivity contribution in [2.75, 3.05) is 4.90 Å². The van der Waals surface area contributed by atoms with Crippen molar-refractivity contribution in [3.05, 3.63) is 64.7 Å². The van der Waals surface area contributed by atoms with Crippen LogP contribution in [0.4, 0.5) is 5.69 Å². The van der Waals surface area contributed by atoms with Crippen LogP contribution >= 0.6 is 0 Å². The Morgan fingerprint density at radius 3 is 2.36 bits per heavy atom. The van der Waals surface area contributed by atoms with Gasteiger partial charge in [-0.05, 0) is 61.4 Å². The number of aryl methyl sites for hydroxylation is 3. The predicted octanol–water partition coefficient (Wildman–Crippen LogP) is 5.11. The van der Waals surface area contributed by atoms with Gasteiger partial charge in [0.05, 0.1) is 17.5 Å². The molecule has 1 saturated carbocycles. The molecule has 4 unspecified atom stereocenters. The summed E-state index contributed by atoms with van der Waals surface area (Å²) in [6.45, 7) is 6.03. The van der Waals surface area contributed by atoms with Crippen LogP contribution in [0.15, 0.2) is 42.5 Å². The molecule has 0 radical (unpaired) electrons. The maximum atomic E-state index is 14.0. The van der Waals surface area contributed by atoms with E-state index in [0.717, 1.165) is 54.4 Å². The Kier molecular flexibility index (Phi) is 6.50. The number of benzene rings is 2. The molecule has 0 bridgehead atoms. The van der Waals surface area contributed by atoms with E-state index >= 15 is 0 Å². The smallest absolute Gasteiger partial charge is 0.324 e. The Bertz CT molecular complexity index is 1180. The summed E-state index contributed by atoms with van der Waals surface area (Å²) >= 11 is 0. The number of aliphatic carboxylic acids is 1. The summed E-state index contributed by atoms with van der Waals surface area (Å²) < 4.78 is 0. The van der Waals surface area contributed by atoms with Gasteiger partial charge in [0.1, 0.15) is 5.54 Å². The zero-order valence-corrected chi connectivity index (χ0v) is 21.4. The average Bonchev–Trinajstić information content (AvgIpc) is 3.35. The van der Waals surface area contributed by atoms with Crippen LogP contribution < -0.4 is 10.2 Å². The molecule has 4 atom stereocenters. The second-order valence-corrected chi connectivity index (χ2v) is 11.0. The molecule has 2 aromatic carbocycles. The fourth-order valence-corrected chi connectivity index (χ4v) is 6.82. The van der Waals surface area contributed by atoms with Crippen LogP contribution in [0.5, 0.6) is 0 Å². The minimum absolute atomic E-state index is 0.223. The third kappa shape index (κ3) is 3.96. The van der Waals surface area contributed by atoms with Crippen LogP contribution in [-0.4, -0.2) is 28.4 Å². The van der Waals surface area contributed by atoms with Crippen molar-refractivity contribution in [3.63, 3.8) is 0 Å². The highest BCUT2D eigenvalue weighted by molar-refractivity contribution is 6.24. The molecule has 36 heavy (non-hydrogen) atoms. The monoisotopic (exact) mass is 488 g/mol. The lowest BCUT2D eigenvalue weighted by Crippen LogP contribution is -2.57. The fraction of sp³-hybridized carbons (Fsp3) is 0.500. The molecule has 2 aromatic rings. The van der Waals surface area contributed by atoms with E-state index in [0.29, 0.717) is 12.1 Å². The highest BCUT2D eigenvalue weighted by Crippen LogP contribution is 2.53. The SMILES string of the molecule is CCc1ccc(N2C(=O)C3C(c4cc(C)ccc4C)NC(CC4CCCCC4)(C(=O)O)C3C2=O)cc1. The summed E-state index contributed by atoms with van der Waals surface area (Å²) in [5.41, 5.74) is 3.09. The Morgan fingerprint density at radius 2 is 1.72 bits per heavy atom. The van der Waals surface area contributed by atoms with E-state index < -0.39 is 35.3 Å². The standard InChI is InChI=1S/C30H36N2O4/c1-4-20-12-14-22(15-13-20)32-27(33)24-25(28(32)34)30(29(35)36,17-21-8-6-5-7-9-21)31-26(24)23-16-18(2)10-11-19(23)3/h10-16,21,24-26,31H,4-9,17H2,1-3H3,(H,35,36). The van der Waals surface area contributed by atoms with E-state index in [1.165, 1.54) is 11.3 Å². The first-order valence-electron chi connectivity index (χ1n) is 13.3. The van der Waals surface area contributed by atoms with Crippen LogP contribution in [0.3, 0.4) is 0 Å². The van der Waals surface area contributed by atoms with Crippen LogP contribution in [0.25, 0.3) is 0 Å². The van der Waals surface area contributed by atoms with Gasteiger partial charge < -0.3 is 5.11 Å². The number of anilines is 1. The van der Waals surface area contributed by atoms with E-state index in [1.54, 1.807) is 12.1 Å². The number of nitrogens with one attached hydrogen (secondary N) is 1. The number of imide groups is 1. The van der Waals surface area contributed by atoms with Gasteiger partial charge in [0, 0.05) is 6.04 Å². The summed E-state index contributed by atoms with van der Waals surface area (Å²) in [7, 11) is 0. The van der Waals surface area contributed by atoms with Gasteiger partial charge in [0.15, 0.2) is 0 Å². The minimum Gasteiger partial charge on any atom is -0.480 e. The fourth-order valence-electron chi connectivity index (χ4n) is 6.82. The number of amides is 2. The molecular weight excluding hydrogens is 452 g/mol. The number of carboxylic acids is 1. The molecule has 2 heterocycles.